The van der Waals surface area contributed by atoms with Crippen LogP contribution >= 0.6 is 0 Å². The number of rotatable bonds is 6. The summed E-state index contributed by atoms with van der Waals surface area (Å²) in [6.07, 6.45) is 0. The molecule has 1 aromatic carbocycles. The van der Waals surface area contributed by atoms with Gasteiger partial charge >= 0.3 is 0 Å². The Morgan fingerprint density at radius 2 is 2.09 bits per heavy atom. The molecular weight excluding hydrogens is 284 g/mol. The number of aromatic nitrogens is 2. The standard InChI is InChI=1S/C15H18N4O3/c1-3-18(7-8-20)14-9-11(2)16-15(17-14)12-5-4-6-13(10-12)19(21)22/h4-6,9-10,20H,3,7-8H2,1-2H3. The van der Waals surface area contributed by atoms with Gasteiger partial charge in [0.1, 0.15) is 5.82 Å². The van der Waals surface area contributed by atoms with Crippen LogP contribution in [0.5, 0.6) is 0 Å². The van der Waals surface area contributed by atoms with Gasteiger partial charge in [-0.3, -0.25) is 10.1 Å². The van der Waals surface area contributed by atoms with Crippen LogP contribution < -0.4 is 4.90 Å². The van der Waals surface area contributed by atoms with E-state index in [0.717, 1.165) is 5.69 Å². The minimum Gasteiger partial charge on any atom is -0.395 e. The van der Waals surface area contributed by atoms with Gasteiger partial charge in [0.25, 0.3) is 5.69 Å². The monoisotopic (exact) mass is 302 g/mol. The first-order valence-corrected chi connectivity index (χ1v) is 7.01. The molecule has 0 aliphatic carbocycles. The maximum atomic E-state index is 10.9. The summed E-state index contributed by atoms with van der Waals surface area (Å²) in [6.45, 7) is 5.02. The number of aryl methyl sites for hydroxylation is 1. The first-order valence-electron chi connectivity index (χ1n) is 7.01. The molecule has 2 rings (SSSR count). The Morgan fingerprint density at radius 3 is 2.73 bits per heavy atom. The number of anilines is 1. The molecule has 0 amide bonds. The summed E-state index contributed by atoms with van der Waals surface area (Å²) in [7, 11) is 0. The van der Waals surface area contributed by atoms with Crippen LogP contribution in [0.25, 0.3) is 11.4 Å². The molecule has 0 aliphatic rings. The number of nitrogens with zero attached hydrogens (tertiary/aromatic N) is 4. The van der Waals surface area contributed by atoms with Crippen LogP contribution in [0.15, 0.2) is 30.3 Å². The number of nitro groups is 1. The molecule has 0 fully saturated rings. The first-order chi connectivity index (χ1) is 10.5. The number of benzene rings is 1. The molecule has 0 aliphatic heterocycles. The van der Waals surface area contributed by atoms with Gasteiger partial charge in [-0.05, 0) is 13.8 Å². The van der Waals surface area contributed by atoms with Gasteiger partial charge in [0.2, 0.25) is 0 Å². The maximum Gasteiger partial charge on any atom is 0.270 e. The van der Waals surface area contributed by atoms with Crippen molar-refractivity contribution in [2.45, 2.75) is 13.8 Å². The number of hydrogen-bond acceptors (Lipinski definition) is 6. The maximum absolute atomic E-state index is 10.9. The topological polar surface area (TPSA) is 92.4 Å². The lowest BCUT2D eigenvalue weighted by Crippen LogP contribution is -2.27. The van der Waals surface area contributed by atoms with Crippen molar-refractivity contribution in [1.82, 2.24) is 9.97 Å². The van der Waals surface area contributed by atoms with Crippen molar-refractivity contribution in [3.8, 4) is 11.4 Å². The third kappa shape index (κ3) is 3.56. The lowest BCUT2D eigenvalue weighted by atomic mass is 10.2. The molecule has 1 N–H and O–H groups in total. The molecule has 0 unspecified atom stereocenters. The third-order valence-corrected chi connectivity index (χ3v) is 3.23. The van der Waals surface area contributed by atoms with Crippen molar-refractivity contribution in [1.29, 1.82) is 0 Å². The largest absolute Gasteiger partial charge is 0.395 e. The van der Waals surface area contributed by atoms with Crippen molar-refractivity contribution >= 4 is 11.5 Å². The number of nitro benzene ring substituents is 1. The van der Waals surface area contributed by atoms with E-state index < -0.39 is 4.92 Å². The average Bonchev–Trinajstić information content (AvgIpc) is 2.52. The number of aliphatic hydroxyl groups is 1. The van der Waals surface area contributed by atoms with Gasteiger partial charge in [-0.25, -0.2) is 9.97 Å². The molecule has 2 aromatic rings. The van der Waals surface area contributed by atoms with E-state index in [1.165, 1.54) is 12.1 Å². The van der Waals surface area contributed by atoms with Gasteiger partial charge in [-0.2, -0.15) is 0 Å². The second-order valence-electron chi connectivity index (χ2n) is 4.80. The number of non-ortho nitro benzene ring substituents is 1. The van der Waals surface area contributed by atoms with Gasteiger partial charge in [-0.1, -0.05) is 12.1 Å². The van der Waals surface area contributed by atoms with Crippen molar-refractivity contribution in [3.05, 3.63) is 46.1 Å². The molecule has 22 heavy (non-hydrogen) atoms. The smallest absolute Gasteiger partial charge is 0.270 e. The van der Waals surface area contributed by atoms with Crippen molar-refractivity contribution in [3.63, 3.8) is 0 Å². The number of aliphatic hydroxyl groups excluding tert-OH is 1. The molecule has 1 heterocycles. The van der Waals surface area contributed by atoms with Crippen molar-refractivity contribution in [2.75, 3.05) is 24.6 Å². The SMILES string of the molecule is CCN(CCO)c1cc(C)nc(-c2cccc([N+](=O)[O-])c2)n1. The number of likely N-dealkylation sites (N-methyl/N-ethyl adjacent to an activating group) is 1. The van der Waals surface area contributed by atoms with Crippen molar-refractivity contribution < 1.29 is 10.0 Å². The van der Waals surface area contributed by atoms with E-state index in [1.807, 2.05) is 24.8 Å². The van der Waals surface area contributed by atoms with Crippen LogP contribution in [0.1, 0.15) is 12.6 Å². The summed E-state index contributed by atoms with van der Waals surface area (Å²) >= 11 is 0. The van der Waals surface area contributed by atoms with Gasteiger partial charge < -0.3 is 10.0 Å². The Labute approximate surface area is 128 Å². The quantitative estimate of drug-likeness (QED) is 0.649. The van der Waals surface area contributed by atoms with Crippen LogP contribution in [0.3, 0.4) is 0 Å². The highest BCUT2D eigenvalue weighted by molar-refractivity contribution is 5.61. The van der Waals surface area contributed by atoms with Crippen LogP contribution in [0, 0.1) is 17.0 Å². The molecule has 0 bridgehead atoms. The van der Waals surface area contributed by atoms with E-state index in [0.29, 0.717) is 30.3 Å². The summed E-state index contributed by atoms with van der Waals surface area (Å²) in [5, 5.41) is 20.0. The van der Waals surface area contributed by atoms with Crippen LogP contribution in [0.2, 0.25) is 0 Å². The average molecular weight is 302 g/mol. The zero-order chi connectivity index (χ0) is 16.1. The third-order valence-electron chi connectivity index (χ3n) is 3.23. The van der Waals surface area contributed by atoms with E-state index in [9.17, 15) is 10.1 Å². The van der Waals surface area contributed by atoms with Gasteiger partial charge in [0.05, 0.1) is 11.5 Å². The van der Waals surface area contributed by atoms with E-state index in [4.69, 9.17) is 5.11 Å². The second-order valence-corrected chi connectivity index (χ2v) is 4.80. The summed E-state index contributed by atoms with van der Waals surface area (Å²) in [6, 6.07) is 8.09. The molecule has 0 saturated heterocycles. The highest BCUT2D eigenvalue weighted by Crippen LogP contribution is 2.23. The fourth-order valence-electron chi connectivity index (χ4n) is 2.16. The van der Waals surface area contributed by atoms with E-state index in [1.54, 1.807) is 12.1 Å². The van der Waals surface area contributed by atoms with Crippen molar-refractivity contribution in [2.24, 2.45) is 0 Å². The van der Waals surface area contributed by atoms with E-state index in [2.05, 4.69) is 9.97 Å². The molecule has 116 valence electrons. The lowest BCUT2D eigenvalue weighted by molar-refractivity contribution is -0.384. The lowest BCUT2D eigenvalue weighted by Gasteiger charge is -2.21. The highest BCUT2D eigenvalue weighted by atomic mass is 16.6. The Hall–Kier alpha value is -2.54. The Kier molecular flexibility index (Phi) is 5.00. The Bertz CT molecular complexity index is 676. The Morgan fingerprint density at radius 1 is 1.32 bits per heavy atom. The fraction of sp³-hybridized carbons (Fsp3) is 0.333. The van der Waals surface area contributed by atoms with Crippen LogP contribution in [-0.4, -0.2) is 39.7 Å². The molecule has 7 nitrogen and oxygen atoms in total. The molecular formula is C15H18N4O3. The molecule has 7 heteroatoms. The minimum atomic E-state index is -0.440. The first kappa shape index (κ1) is 15.8. The molecule has 0 atom stereocenters. The summed E-state index contributed by atoms with van der Waals surface area (Å²) in [4.78, 5) is 21.2. The second kappa shape index (κ2) is 6.95. The molecule has 0 spiro atoms. The summed E-state index contributed by atoms with van der Waals surface area (Å²) < 4.78 is 0. The number of hydrogen-bond donors (Lipinski definition) is 1. The summed E-state index contributed by atoms with van der Waals surface area (Å²) in [5.41, 5.74) is 1.37. The Balaban J connectivity index is 2.45. The van der Waals surface area contributed by atoms with Gasteiger partial charge in [0.15, 0.2) is 5.82 Å². The predicted molar refractivity (Wildman–Crippen MR) is 83.8 cm³/mol. The summed E-state index contributed by atoms with van der Waals surface area (Å²) in [5.74, 6) is 1.14. The normalized spacial score (nSPS) is 10.5. The van der Waals surface area contributed by atoms with E-state index in [-0.39, 0.29) is 12.3 Å². The predicted octanol–water partition coefficient (Wildman–Crippen LogP) is 2.18. The van der Waals surface area contributed by atoms with Crippen LogP contribution in [0.4, 0.5) is 11.5 Å². The van der Waals surface area contributed by atoms with Gasteiger partial charge in [0, 0.05) is 42.5 Å². The molecule has 0 saturated carbocycles. The minimum absolute atomic E-state index is 0.00635. The zero-order valence-corrected chi connectivity index (χ0v) is 12.6. The zero-order valence-electron chi connectivity index (χ0n) is 12.6. The van der Waals surface area contributed by atoms with Crippen LogP contribution in [-0.2, 0) is 0 Å². The fourth-order valence-corrected chi connectivity index (χ4v) is 2.16. The van der Waals surface area contributed by atoms with E-state index >= 15 is 0 Å². The molecule has 0 radical (unpaired) electrons. The highest BCUT2D eigenvalue weighted by Gasteiger charge is 2.12. The molecule has 1 aromatic heterocycles. The van der Waals surface area contributed by atoms with Gasteiger partial charge in [-0.15, -0.1) is 0 Å².